The Morgan fingerprint density at radius 2 is 2.06 bits per heavy atom. The second kappa shape index (κ2) is 8.50. The first-order valence-electron chi connectivity index (χ1n) is 9.68. The molecule has 4 aromatic rings. The largest absolute Gasteiger partial charge is 0.494 e. The lowest BCUT2D eigenvalue weighted by molar-refractivity contribution is -0.126. The second-order valence-electron chi connectivity index (χ2n) is 6.70. The van der Waals surface area contributed by atoms with Crippen molar-refractivity contribution in [2.75, 3.05) is 26.1 Å². The number of nitrogen functional groups attached to an aromatic ring is 1. The minimum atomic E-state index is -0.522. The molecule has 2 aromatic carbocycles. The van der Waals surface area contributed by atoms with Crippen molar-refractivity contribution in [1.29, 1.82) is 0 Å². The van der Waals surface area contributed by atoms with Crippen LogP contribution in [0.3, 0.4) is 0 Å². The average molecular weight is 428 g/mol. The Kier molecular flexibility index (Phi) is 5.61. The van der Waals surface area contributed by atoms with E-state index in [0.29, 0.717) is 48.9 Å². The maximum absolute atomic E-state index is 14.5. The van der Waals surface area contributed by atoms with Crippen molar-refractivity contribution in [3.63, 3.8) is 0 Å². The third-order valence-electron chi connectivity index (χ3n) is 4.69. The molecule has 0 fully saturated rings. The van der Waals surface area contributed by atoms with Crippen LogP contribution in [-0.4, -0.2) is 41.3 Å². The highest BCUT2D eigenvalue weighted by atomic mass is 19.1. The number of nitrogens with two attached hydrogens (primary N) is 1. The van der Waals surface area contributed by atoms with Gasteiger partial charge in [-0.25, -0.2) is 9.37 Å². The lowest BCUT2D eigenvalue weighted by Gasteiger charge is -2.08. The summed E-state index contributed by atoms with van der Waals surface area (Å²) >= 11 is 0. The quantitative estimate of drug-likeness (QED) is 0.491. The van der Waals surface area contributed by atoms with Crippen LogP contribution in [0.25, 0.3) is 33.5 Å². The van der Waals surface area contributed by atoms with E-state index in [2.05, 4.69) is 14.3 Å². The van der Waals surface area contributed by atoms with Gasteiger partial charge in [0.2, 0.25) is 0 Å². The van der Waals surface area contributed by atoms with Crippen molar-refractivity contribution in [2.24, 2.45) is 0 Å². The minimum Gasteiger partial charge on any atom is -0.494 e. The Labute approximate surface area is 176 Å². The molecular weight excluding hydrogens is 407 g/mol. The van der Waals surface area contributed by atoms with Gasteiger partial charge in [0.1, 0.15) is 28.4 Å². The molecule has 0 spiro atoms. The second-order valence-corrected chi connectivity index (χ2v) is 6.70. The average Bonchev–Trinajstić information content (AvgIpc) is 3.23. The smallest absolute Gasteiger partial charge is 0.293 e. The van der Waals surface area contributed by atoms with Crippen molar-refractivity contribution in [1.82, 2.24) is 14.5 Å². The van der Waals surface area contributed by atoms with E-state index in [1.807, 2.05) is 19.1 Å². The van der Waals surface area contributed by atoms with E-state index in [9.17, 15) is 4.39 Å². The number of oxazole rings is 1. The van der Waals surface area contributed by atoms with Crippen LogP contribution in [0.4, 0.5) is 10.4 Å². The van der Waals surface area contributed by atoms with Crippen molar-refractivity contribution >= 4 is 34.6 Å². The van der Waals surface area contributed by atoms with E-state index < -0.39 is 5.82 Å². The van der Waals surface area contributed by atoms with Crippen LogP contribution >= 0.6 is 0 Å². The van der Waals surface area contributed by atoms with Gasteiger partial charge in [0, 0.05) is 24.2 Å². The van der Waals surface area contributed by atoms with E-state index in [1.165, 1.54) is 13.2 Å². The summed E-state index contributed by atoms with van der Waals surface area (Å²) in [4.78, 5) is 17.7. The van der Waals surface area contributed by atoms with Gasteiger partial charge in [-0.2, -0.15) is 4.98 Å². The fraction of sp³-hybridized carbons (Fsp3) is 0.286. The van der Waals surface area contributed by atoms with Gasteiger partial charge in [0.25, 0.3) is 12.5 Å². The summed E-state index contributed by atoms with van der Waals surface area (Å²) in [6, 6.07) is 6.82. The van der Waals surface area contributed by atoms with Gasteiger partial charge in [0.05, 0.1) is 25.8 Å². The van der Waals surface area contributed by atoms with Gasteiger partial charge in [-0.3, -0.25) is 4.79 Å². The summed E-state index contributed by atoms with van der Waals surface area (Å²) in [5.41, 5.74) is 8.21. The number of ether oxygens (including phenoxy) is 3. The molecule has 1 aliphatic rings. The monoisotopic (exact) mass is 428 g/mol. The first-order valence-corrected chi connectivity index (χ1v) is 9.68. The van der Waals surface area contributed by atoms with Gasteiger partial charge in [0.15, 0.2) is 11.4 Å². The molecule has 0 unspecified atom stereocenters. The highest BCUT2D eigenvalue weighted by Crippen LogP contribution is 2.37. The number of imidazole rings is 1. The zero-order valence-electron chi connectivity index (χ0n) is 17.1. The number of anilines is 1. The SMILES string of the molecule is CCOc1cc2c3c(c1)nc(-c1cc(F)c4oc(N)nc4c1)n3CCCO2.COC=O. The van der Waals surface area contributed by atoms with Crippen LogP contribution < -0.4 is 15.2 Å². The van der Waals surface area contributed by atoms with Gasteiger partial charge < -0.3 is 28.9 Å². The number of rotatable bonds is 4. The van der Waals surface area contributed by atoms with Crippen LogP contribution in [0.15, 0.2) is 28.7 Å². The molecule has 1 aliphatic heterocycles. The van der Waals surface area contributed by atoms with E-state index >= 15 is 0 Å². The molecule has 10 heteroatoms. The molecule has 3 heterocycles. The maximum Gasteiger partial charge on any atom is 0.293 e. The van der Waals surface area contributed by atoms with Crippen LogP contribution in [0.2, 0.25) is 0 Å². The van der Waals surface area contributed by atoms with Crippen molar-refractivity contribution < 1.29 is 27.8 Å². The number of methoxy groups -OCH3 is 1. The molecule has 0 amide bonds. The molecule has 0 radical (unpaired) electrons. The molecule has 2 N–H and O–H groups in total. The normalized spacial score (nSPS) is 12.6. The molecule has 9 nitrogen and oxygen atoms in total. The standard InChI is InChI=1S/C19H17FN4O3.C2H4O2/c1-2-25-11-8-13-16-15(9-11)26-5-3-4-24(16)18(22-13)10-6-12(20)17-14(7-10)23-19(21)27-17;1-4-2-3/h6-9H,2-5H2,1H3,(H2,21,23);2H,1H3. The molecule has 5 rings (SSSR count). The topological polar surface area (TPSA) is 115 Å². The van der Waals surface area contributed by atoms with Gasteiger partial charge in [-0.1, -0.05) is 0 Å². The van der Waals surface area contributed by atoms with Crippen molar-refractivity contribution in [3.8, 4) is 22.9 Å². The molecule has 0 saturated carbocycles. The summed E-state index contributed by atoms with van der Waals surface area (Å²) in [5, 5.41) is 0. The van der Waals surface area contributed by atoms with Gasteiger partial charge >= 0.3 is 0 Å². The lowest BCUT2D eigenvalue weighted by Crippen LogP contribution is -2.01. The third kappa shape index (κ3) is 3.83. The first kappa shape index (κ1) is 20.5. The predicted molar refractivity (Wildman–Crippen MR) is 111 cm³/mol. The van der Waals surface area contributed by atoms with E-state index in [1.54, 1.807) is 6.07 Å². The number of carbonyl (C=O) groups is 1. The van der Waals surface area contributed by atoms with Crippen LogP contribution in [0.1, 0.15) is 13.3 Å². The lowest BCUT2D eigenvalue weighted by atomic mass is 10.2. The Bertz CT molecular complexity index is 1250. The number of aryl methyl sites for hydroxylation is 1. The van der Waals surface area contributed by atoms with E-state index in [-0.39, 0.29) is 11.6 Å². The minimum absolute atomic E-state index is 0.0471. The zero-order valence-corrected chi connectivity index (χ0v) is 17.1. The summed E-state index contributed by atoms with van der Waals surface area (Å²) < 4.78 is 37.1. The van der Waals surface area contributed by atoms with E-state index in [4.69, 9.17) is 29.4 Å². The Hall–Kier alpha value is -3.82. The maximum atomic E-state index is 14.5. The summed E-state index contributed by atoms with van der Waals surface area (Å²) in [6.07, 6.45) is 0.818. The number of hydrogen-bond acceptors (Lipinski definition) is 8. The highest BCUT2D eigenvalue weighted by Gasteiger charge is 2.22. The summed E-state index contributed by atoms with van der Waals surface area (Å²) in [5.74, 6) is 1.54. The van der Waals surface area contributed by atoms with Gasteiger partial charge in [-0.05, 0) is 25.5 Å². The van der Waals surface area contributed by atoms with Crippen LogP contribution in [0.5, 0.6) is 11.5 Å². The predicted octanol–water partition coefficient (Wildman–Crippen LogP) is 3.54. The number of aromatic nitrogens is 3. The molecule has 0 saturated heterocycles. The van der Waals surface area contributed by atoms with Crippen LogP contribution in [-0.2, 0) is 16.1 Å². The number of fused-ring (bicyclic) bond motifs is 1. The zero-order chi connectivity index (χ0) is 22.0. The van der Waals surface area contributed by atoms with Crippen molar-refractivity contribution in [3.05, 3.63) is 30.1 Å². The number of carbonyl (C=O) groups excluding carboxylic acids is 1. The molecule has 2 aromatic heterocycles. The Morgan fingerprint density at radius 1 is 1.26 bits per heavy atom. The first-order chi connectivity index (χ1) is 15.0. The third-order valence-corrected chi connectivity index (χ3v) is 4.69. The highest BCUT2D eigenvalue weighted by molar-refractivity contribution is 5.89. The van der Waals surface area contributed by atoms with Crippen LogP contribution in [0, 0.1) is 5.82 Å². The summed E-state index contributed by atoms with van der Waals surface area (Å²) in [6.45, 7) is 4.16. The summed E-state index contributed by atoms with van der Waals surface area (Å²) in [7, 11) is 1.31. The van der Waals surface area contributed by atoms with E-state index in [0.717, 1.165) is 23.2 Å². The Morgan fingerprint density at radius 3 is 2.81 bits per heavy atom. The Balaban J connectivity index is 0.000000535. The molecular formula is C21H21FN4O5. The number of nitrogens with zero attached hydrogens (tertiary/aromatic N) is 3. The fourth-order valence-electron chi connectivity index (χ4n) is 3.55. The molecule has 0 aliphatic carbocycles. The van der Waals surface area contributed by atoms with Gasteiger partial charge in [-0.15, -0.1) is 0 Å². The fourth-order valence-corrected chi connectivity index (χ4v) is 3.55. The molecule has 0 bridgehead atoms. The molecule has 162 valence electrons. The number of benzene rings is 2. The number of halogens is 1. The molecule has 0 atom stereocenters. The molecule has 31 heavy (non-hydrogen) atoms. The number of hydrogen-bond donors (Lipinski definition) is 1. The van der Waals surface area contributed by atoms with Crippen molar-refractivity contribution in [2.45, 2.75) is 19.9 Å².